The molecule has 2 fully saturated rings. The second kappa shape index (κ2) is 11.1. The Hall–Kier alpha value is -3.30. The van der Waals surface area contributed by atoms with Gasteiger partial charge in [-0.3, -0.25) is 4.79 Å². The number of hydrogen-bond donors (Lipinski definition) is 0. The second-order valence-corrected chi connectivity index (χ2v) is 12.4. The molecule has 2 aliphatic rings. The van der Waals surface area contributed by atoms with E-state index in [9.17, 15) is 17.6 Å². The summed E-state index contributed by atoms with van der Waals surface area (Å²) in [6, 6.07) is 15.3. The minimum atomic E-state index is -3.55. The Kier molecular flexibility index (Phi) is 7.73. The number of carbonyl (C=O) groups is 1. The van der Waals surface area contributed by atoms with Gasteiger partial charge in [0.05, 0.1) is 23.3 Å². The van der Waals surface area contributed by atoms with Crippen molar-refractivity contribution in [3.8, 4) is 11.1 Å². The van der Waals surface area contributed by atoms with Gasteiger partial charge >= 0.3 is 0 Å². The summed E-state index contributed by atoms with van der Waals surface area (Å²) in [5.41, 5.74) is 2.63. The monoisotopic (exact) mass is 554 g/mol. The van der Waals surface area contributed by atoms with Crippen LogP contribution in [0.25, 0.3) is 11.1 Å². The number of anilines is 1. The van der Waals surface area contributed by atoms with Crippen LogP contribution in [0, 0.1) is 17.6 Å². The highest BCUT2D eigenvalue weighted by Crippen LogP contribution is 2.32. The number of nitrogens with zero attached hydrogens (tertiary/aromatic N) is 2. The SMILES string of the molecule is CC(OCC1CC1)c1ccc(N2CCN(C(=O)c3cc(S(C)(=O)=O)ccc3-c3ccc(F)cc3)CC2)c(F)c1. The van der Waals surface area contributed by atoms with Crippen LogP contribution in [-0.2, 0) is 14.6 Å². The van der Waals surface area contributed by atoms with Crippen LogP contribution in [0.1, 0.15) is 41.8 Å². The van der Waals surface area contributed by atoms with Crippen molar-refractivity contribution >= 4 is 21.4 Å². The van der Waals surface area contributed by atoms with Gasteiger partial charge in [-0.15, -0.1) is 0 Å². The van der Waals surface area contributed by atoms with Crippen molar-refractivity contribution in [3.05, 3.63) is 83.4 Å². The lowest BCUT2D eigenvalue weighted by molar-refractivity contribution is 0.0577. The molecule has 0 radical (unpaired) electrons. The average molecular weight is 555 g/mol. The average Bonchev–Trinajstić information content (AvgIpc) is 3.76. The van der Waals surface area contributed by atoms with Crippen molar-refractivity contribution in [2.24, 2.45) is 5.92 Å². The molecule has 3 aromatic rings. The minimum Gasteiger partial charge on any atom is -0.374 e. The molecule has 0 spiro atoms. The maximum Gasteiger partial charge on any atom is 0.254 e. The quantitative estimate of drug-likeness (QED) is 0.369. The molecule has 1 aliphatic heterocycles. The molecular formula is C30H32F2N2O4S. The first-order valence-corrected chi connectivity index (χ1v) is 15.0. The Bertz CT molecular complexity index is 1460. The van der Waals surface area contributed by atoms with E-state index in [1.807, 2.05) is 17.9 Å². The summed E-state index contributed by atoms with van der Waals surface area (Å²) in [5.74, 6) is -0.419. The fraction of sp³-hybridized carbons (Fsp3) is 0.367. The molecule has 0 N–H and O–H groups in total. The van der Waals surface area contributed by atoms with Crippen LogP contribution < -0.4 is 4.90 Å². The summed E-state index contributed by atoms with van der Waals surface area (Å²) < 4.78 is 58.9. The van der Waals surface area contributed by atoms with Gasteiger partial charge in [-0.25, -0.2) is 17.2 Å². The molecule has 1 saturated carbocycles. The predicted octanol–water partition coefficient (Wildman–Crippen LogP) is 5.49. The summed E-state index contributed by atoms with van der Waals surface area (Å²) in [4.78, 5) is 17.2. The van der Waals surface area contributed by atoms with Crippen molar-refractivity contribution in [3.63, 3.8) is 0 Å². The number of hydrogen-bond acceptors (Lipinski definition) is 5. The first-order valence-electron chi connectivity index (χ1n) is 13.2. The highest BCUT2D eigenvalue weighted by Gasteiger charge is 2.27. The van der Waals surface area contributed by atoms with Crippen LogP contribution in [0.2, 0.25) is 0 Å². The summed E-state index contributed by atoms with van der Waals surface area (Å²) in [6.07, 6.45) is 3.31. The minimum absolute atomic E-state index is 0.0350. The number of sulfone groups is 1. The molecule has 9 heteroatoms. The van der Waals surface area contributed by atoms with Gasteiger partial charge in [-0.05, 0) is 78.8 Å². The molecule has 6 nitrogen and oxygen atoms in total. The Morgan fingerprint density at radius 2 is 1.67 bits per heavy atom. The lowest BCUT2D eigenvalue weighted by Crippen LogP contribution is -2.49. The van der Waals surface area contributed by atoms with Gasteiger partial charge < -0.3 is 14.5 Å². The Morgan fingerprint density at radius 1 is 0.974 bits per heavy atom. The van der Waals surface area contributed by atoms with E-state index in [2.05, 4.69) is 0 Å². The van der Waals surface area contributed by atoms with Gasteiger partial charge in [0.25, 0.3) is 5.91 Å². The molecule has 1 unspecified atom stereocenters. The van der Waals surface area contributed by atoms with Crippen LogP contribution in [0.15, 0.2) is 65.6 Å². The van der Waals surface area contributed by atoms with E-state index in [0.717, 1.165) is 11.8 Å². The molecule has 1 amide bonds. The van der Waals surface area contributed by atoms with Crippen molar-refractivity contribution in [2.45, 2.75) is 30.8 Å². The standard InChI is InChI=1S/C30H32F2N2O4S/c1-20(38-19-21-3-4-21)23-7-12-29(28(32)17-23)33-13-15-34(16-14-33)30(35)27-18-25(39(2,36)37)10-11-26(27)22-5-8-24(31)9-6-22/h5-12,17-18,20-21H,3-4,13-16,19H2,1-2H3. The van der Waals surface area contributed by atoms with E-state index in [1.54, 1.807) is 29.2 Å². The van der Waals surface area contributed by atoms with Crippen LogP contribution >= 0.6 is 0 Å². The third kappa shape index (κ3) is 6.31. The topological polar surface area (TPSA) is 66.9 Å². The van der Waals surface area contributed by atoms with Gasteiger partial charge in [-0.1, -0.05) is 24.3 Å². The van der Waals surface area contributed by atoms with E-state index in [-0.39, 0.29) is 28.3 Å². The fourth-order valence-electron chi connectivity index (χ4n) is 4.83. The van der Waals surface area contributed by atoms with Crippen LogP contribution in [0.4, 0.5) is 14.5 Å². The summed E-state index contributed by atoms with van der Waals surface area (Å²) >= 11 is 0. The number of ether oxygens (including phenoxy) is 1. The molecule has 0 bridgehead atoms. The first kappa shape index (κ1) is 27.3. The summed E-state index contributed by atoms with van der Waals surface area (Å²) in [5, 5.41) is 0. The van der Waals surface area contributed by atoms with Crippen molar-refractivity contribution in [2.75, 3.05) is 43.9 Å². The molecule has 206 valence electrons. The van der Waals surface area contributed by atoms with Gasteiger partial charge in [0, 0.05) is 38.0 Å². The first-order chi connectivity index (χ1) is 18.6. The molecule has 1 saturated heterocycles. The summed E-state index contributed by atoms with van der Waals surface area (Å²) in [6.45, 7) is 4.16. The number of benzene rings is 3. The van der Waals surface area contributed by atoms with Gasteiger partial charge in [0.2, 0.25) is 0 Å². The third-order valence-electron chi connectivity index (χ3n) is 7.43. The molecule has 1 aliphatic carbocycles. The van der Waals surface area contributed by atoms with Gasteiger partial charge in [-0.2, -0.15) is 0 Å². The highest BCUT2D eigenvalue weighted by atomic mass is 32.2. The third-order valence-corrected chi connectivity index (χ3v) is 8.54. The number of halogens is 2. The zero-order valence-electron chi connectivity index (χ0n) is 22.1. The fourth-order valence-corrected chi connectivity index (χ4v) is 5.47. The van der Waals surface area contributed by atoms with Crippen molar-refractivity contribution in [1.82, 2.24) is 4.90 Å². The number of piperazine rings is 1. The molecule has 39 heavy (non-hydrogen) atoms. The van der Waals surface area contributed by atoms with E-state index in [4.69, 9.17) is 4.74 Å². The van der Waals surface area contributed by atoms with Crippen LogP contribution in [0.5, 0.6) is 0 Å². The maximum absolute atomic E-state index is 15.1. The zero-order valence-corrected chi connectivity index (χ0v) is 22.9. The maximum atomic E-state index is 15.1. The number of rotatable bonds is 8. The predicted molar refractivity (Wildman–Crippen MR) is 147 cm³/mol. The largest absolute Gasteiger partial charge is 0.374 e. The smallest absolute Gasteiger partial charge is 0.254 e. The van der Waals surface area contributed by atoms with Gasteiger partial charge in [0.1, 0.15) is 11.6 Å². The normalized spacial score (nSPS) is 16.8. The Morgan fingerprint density at radius 3 is 2.28 bits per heavy atom. The van der Waals surface area contributed by atoms with Crippen LogP contribution in [-0.4, -0.2) is 58.3 Å². The second-order valence-electron chi connectivity index (χ2n) is 10.4. The lowest BCUT2D eigenvalue weighted by atomic mass is 9.98. The molecule has 1 heterocycles. The van der Waals surface area contributed by atoms with E-state index in [0.29, 0.717) is 55.5 Å². The van der Waals surface area contributed by atoms with Crippen molar-refractivity contribution in [1.29, 1.82) is 0 Å². The van der Waals surface area contributed by atoms with Crippen molar-refractivity contribution < 1.29 is 26.7 Å². The van der Waals surface area contributed by atoms with E-state index >= 15 is 4.39 Å². The molecule has 5 rings (SSSR count). The number of amides is 1. The van der Waals surface area contributed by atoms with E-state index in [1.165, 1.54) is 43.2 Å². The van der Waals surface area contributed by atoms with Gasteiger partial charge in [0.15, 0.2) is 9.84 Å². The highest BCUT2D eigenvalue weighted by molar-refractivity contribution is 7.90. The molecule has 0 aromatic heterocycles. The Balaban J connectivity index is 1.31. The van der Waals surface area contributed by atoms with Crippen LogP contribution in [0.3, 0.4) is 0 Å². The lowest BCUT2D eigenvalue weighted by Gasteiger charge is -2.36. The number of carbonyl (C=O) groups excluding carboxylic acids is 1. The molecular weight excluding hydrogens is 522 g/mol. The van der Waals surface area contributed by atoms with E-state index < -0.39 is 15.7 Å². The molecule has 3 aromatic carbocycles. The Labute approximate surface area is 228 Å². The summed E-state index contributed by atoms with van der Waals surface area (Å²) in [7, 11) is -3.55. The zero-order chi connectivity index (χ0) is 27.7. The molecule has 1 atom stereocenters.